The molecule has 0 aliphatic heterocycles. The zero-order chi connectivity index (χ0) is 17.1. The summed E-state index contributed by atoms with van der Waals surface area (Å²) in [6.07, 6.45) is 0.332. The van der Waals surface area contributed by atoms with Gasteiger partial charge in [0.1, 0.15) is 11.9 Å². The molecule has 5 nitrogen and oxygen atoms in total. The molecular formula is C19H21N3O2. The van der Waals surface area contributed by atoms with Crippen LogP contribution in [0.2, 0.25) is 0 Å². The monoisotopic (exact) mass is 323 g/mol. The zero-order valence-electron chi connectivity index (χ0n) is 13.8. The predicted octanol–water partition coefficient (Wildman–Crippen LogP) is 2.69. The second-order valence-corrected chi connectivity index (χ2v) is 5.81. The Morgan fingerprint density at radius 2 is 1.83 bits per heavy atom. The number of para-hydroxylation sites is 2. The van der Waals surface area contributed by atoms with Crippen molar-refractivity contribution in [3.05, 3.63) is 66.0 Å². The lowest BCUT2D eigenvalue weighted by atomic mass is 10.1. The van der Waals surface area contributed by atoms with Crippen LogP contribution in [0.25, 0.3) is 11.0 Å². The lowest BCUT2D eigenvalue weighted by molar-refractivity contribution is -0.142. The summed E-state index contributed by atoms with van der Waals surface area (Å²) >= 11 is 0. The summed E-state index contributed by atoms with van der Waals surface area (Å²) in [5.74, 6) is 0.353. The van der Waals surface area contributed by atoms with Gasteiger partial charge in [-0.15, -0.1) is 0 Å². The predicted molar refractivity (Wildman–Crippen MR) is 93.7 cm³/mol. The Morgan fingerprint density at radius 1 is 1.17 bits per heavy atom. The van der Waals surface area contributed by atoms with Crippen molar-refractivity contribution in [2.75, 3.05) is 7.11 Å². The van der Waals surface area contributed by atoms with Crippen LogP contribution in [0.5, 0.6) is 0 Å². The van der Waals surface area contributed by atoms with Crippen molar-refractivity contribution in [2.24, 2.45) is 5.73 Å². The van der Waals surface area contributed by atoms with Gasteiger partial charge in [-0.2, -0.15) is 0 Å². The van der Waals surface area contributed by atoms with Crippen LogP contribution in [-0.2, 0) is 16.0 Å². The smallest absolute Gasteiger partial charge is 0.323 e. The number of ether oxygens (including phenoxy) is 1. The number of hydrogen-bond donors (Lipinski definition) is 1. The van der Waals surface area contributed by atoms with Crippen LogP contribution in [0, 0.1) is 0 Å². The van der Waals surface area contributed by atoms with Gasteiger partial charge >= 0.3 is 5.97 Å². The molecule has 2 atom stereocenters. The van der Waals surface area contributed by atoms with Crippen molar-refractivity contribution in [1.29, 1.82) is 0 Å². The van der Waals surface area contributed by atoms with E-state index in [-0.39, 0.29) is 6.04 Å². The van der Waals surface area contributed by atoms with E-state index in [0.29, 0.717) is 6.42 Å². The maximum absolute atomic E-state index is 11.7. The lowest BCUT2D eigenvalue weighted by Gasteiger charge is -2.19. The van der Waals surface area contributed by atoms with Gasteiger partial charge < -0.3 is 15.0 Å². The number of rotatable bonds is 5. The normalized spacial score (nSPS) is 13.6. The number of imidazole rings is 1. The summed E-state index contributed by atoms with van der Waals surface area (Å²) in [6.45, 7) is 2.12. The average molecular weight is 323 g/mol. The summed E-state index contributed by atoms with van der Waals surface area (Å²) < 4.78 is 6.89. The first-order chi connectivity index (χ1) is 11.6. The van der Waals surface area contributed by atoms with E-state index in [4.69, 9.17) is 15.5 Å². The first-order valence-electron chi connectivity index (χ1n) is 7.96. The van der Waals surface area contributed by atoms with E-state index in [1.54, 1.807) is 0 Å². The number of carbonyl (C=O) groups excluding carboxylic acids is 1. The van der Waals surface area contributed by atoms with Crippen LogP contribution in [0.3, 0.4) is 0 Å². The summed E-state index contributed by atoms with van der Waals surface area (Å²) in [4.78, 5) is 16.4. The van der Waals surface area contributed by atoms with Crippen molar-refractivity contribution in [1.82, 2.24) is 9.55 Å². The second kappa shape index (κ2) is 6.84. The van der Waals surface area contributed by atoms with Gasteiger partial charge in [-0.25, -0.2) is 4.98 Å². The fourth-order valence-electron chi connectivity index (χ4n) is 2.98. The highest BCUT2D eigenvalue weighted by Crippen LogP contribution is 2.26. The van der Waals surface area contributed by atoms with Crippen LogP contribution in [0.15, 0.2) is 54.6 Å². The van der Waals surface area contributed by atoms with Gasteiger partial charge in [0.05, 0.1) is 24.2 Å². The van der Waals surface area contributed by atoms with Crippen LogP contribution in [0.1, 0.15) is 24.4 Å². The lowest BCUT2D eigenvalue weighted by Crippen LogP contribution is -2.34. The van der Waals surface area contributed by atoms with Gasteiger partial charge in [0.2, 0.25) is 0 Å². The average Bonchev–Trinajstić information content (AvgIpc) is 2.98. The number of fused-ring (bicyclic) bond motifs is 1. The van der Waals surface area contributed by atoms with Crippen molar-refractivity contribution in [3.63, 3.8) is 0 Å². The second-order valence-electron chi connectivity index (χ2n) is 5.81. The van der Waals surface area contributed by atoms with Crippen molar-refractivity contribution >= 4 is 17.0 Å². The minimum absolute atomic E-state index is 0.0819. The first kappa shape index (κ1) is 16.2. The molecule has 5 heteroatoms. The molecule has 2 unspecified atom stereocenters. The van der Waals surface area contributed by atoms with E-state index in [1.807, 2.05) is 42.5 Å². The van der Waals surface area contributed by atoms with Crippen LogP contribution < -0.4 is 5.73 Å². The Balaban J connectivity index is 2.07. The number of nitrogens with two attached hydrogens (primary N) is 1. The number of carbonyl (C=O) groups is 1. The zero-order valence-corrected chi connectivity index (χ0v) is 13.8. The van der Waals surface area contributed by atoms with Crippen LogP contribution in [-0.4, -0.2) is 28.7 Å². The summed E-state index contributed by atoms with van der Waals surface area (Å²) in [5.41, 5.74) is 9.06. The first-order valence-corrected chi connectivity index (χ1v) is 7.96. The number of methoxy groups -OCH3 is 1. The highest BCUT2D eigenvalue weighted by Gasteiger charge is 2.22. The van der Waals surface area contributed by atoms with E-state index in [2.05, 4.69) is 23.6 Å². The van der Waals surface area contributed by atoms with Gasteiger partial charge in [0.25, 0.3) is 0 Å². The van der Waals surface area contributed by atoms with Gasteiger partial charge in [0, 0.05) is 6.42 Å². The number of aromatic nitrogens is 2. The SMILES string of the molecule is COC(=O)C(N)Cc1nc2ccccc2n1C(C)c1ccccc1. The van der Waals surface area contributed by atoms with E-state index < -0.39 is 12.0 Å². The molecule has 3 aromatic rings. The Kier molecular flexibility index (Phi) is 4.62. The van der Waals surface area contributed by atoms with Crippen LogP contribution in [0.4, 0.5) is 0 Å². The van der Waals surface area contributed by atoms with Crippen LogP contribution >= 0.6 is 0 Å². The minimum atomic E-state index is -0.728. The molecule has 0 amide bonds. The molecule has 3 rings (SSSR count). The molecule has 124 valence electrons. The quantitative estimate of drug-likeness (QED) is 0.733. The summed E-state index contributed by atoms with van der Waals surface area (Å²) in [7, 11) is 1.35. The van der Waals surface area contributed by atoms with E-state index >= 15 is 0 Å². The highest BCUT2D eigenvalue weighted by molar-refractivity contribution is 5.78. The molecule has 0 radical (unpaired) electrons. The number of benzene rings is 2. The molecule has 2 aromatic carbocycles. The molecule has 0 fully saturated rings. The third-order valence-electron chi connectivity index (χ3n) is 4.24. The maximum atomic E-state index is 11.7. The van der Waals surface area contributed by atoms with Gasteiger partial charge in [-0.1, -0.05) is 42.5 Å². The van der Waals surface area contributed by atoms with E-state index in [9.17, 15) is 4.79 Å². The van der Waals surface area contributed by atoms with Gasteiger partial charge in [-0.05, 0) is 24.6 Å². The fraction of sp³-hybridized carbons (Fsp3) is 0.263. The Morgan fingerprint density at radius 3 is 2.54 bits per heavy atom. The molecule has 24 heavy (non-hydrogen) atoms. The topological polar surface area (TPSA) is 70.1 Å². The van der Waals surface area contributed by atoms with Gasteiger partial charge in [-0.3, -0.25) is 4.79 Å². The fourth-order valence-corrected chi connectivity index (χ4v) is 2.98. The third kappa shape index (κ3) is 3.03. The molecule has 1 aromatic heterocycles. The summed E-state index contributed by atoms with van der Waals surface area (Å²) in [6, 6.07) is 17.5. The molecule has 0 saturated carbocycles. The van der Waals surface area contributed by atoms with Crippen molar-refractivity contribution in [3.8, 4) is 0 Å². The molecule has 0 aliphatic carbocycles. The standard InChI is InChI=1S/C19H21N3O2/c1-13(14-8-4-3-5-9-14)22-17-11-7-6-10-16(17)21-18(22)12-15(20)19(23)24-2/h3-11,13,15H,12,20H2,1-2H3. The Bertz CT molecular complexity index is 842. The van der Waals surface area contributed by atoms with E-state index in [0.717, 1.165) is 16.9 Å². The molecule has 0 bridgehead atoms. The molecule has 1 heterocycles. The molecule has 0 saturated heterocycles. The van der Waals surface area contributed by atoms with Crippen molar-refractivity contribution < 1.29 is 9.53 Å². The molecule has 0 spiro atoms. The van der Waals surface area contributed by atoms with E-state index in [1.165, 1.54) is 12.7 Å². The van der Waals surface area contributed by atoms with Gasteiger partial charge in [0.15, 0.2) is 0 Å². The maximum Gasteiger partial charge on any atom is 0.323 e. The number of hydrogen-bond acceptors (Lipinski definition) is 4. The summed E-state index contributed by atoms with van der Waals surface area (Å²) in [5, 5.41) is 0. The third-order valence-corrected chi connectivity index (χ3v) is 4.24. The molecule has 0 aliphatic rings. The number of nitrogens with zero attached hydrogens (tertiary/aromatic N) is 2. The largest absolute Gasteiger partial charge is 0.468 e. The minimum Gasteiger partial charge on any atom is -0.468 e. The van der Waals surface area contributed by atoms with Crippen molar-refractivity contribution in [2.45, 2.75) is 25.4 Å². The molecule has 2 N–H and O–H groups in total. The Labute approximate surface area is 141 Å². The highest BCUT2D eigenvalue weighted by atomic mass is 16.5. The number of esters is 1. The Hall–Kier alpha value is -2.66. The molecular weight excluding hydrogens is 302 g/mol.